The van der Waals surface area contributed by atoms with Crippen LogP contribution in [0.5, 0.6) is 0 Å². The molecule has 0 unspecified atom stereocenters. The number of carboxylic acids is 2. The molecule has 1 fully saturated rings. The fourth-order valence-electron chi connectivity index (χ4n) is 5.22. The van der Waals surface area contributed by atoms with Gasteiger partial charge in [-0.2, -0.15) is 0 Å². The van der Waals surface area contributed by atoms with Gasteiger partial charge in [-0.05, 0) is 83.2 Å². The van der Waals surface area contributed by atoms with Gasteiger partial charge in [0.1, 0.15) is 0 Å². The third-order valence-corrected chi connectivity index (χ3v) is 6.74. The molecule has 4 heteroatoms. The topological polar surface area (TPSA) is 74.6 Å². The largest absolute Gasteiger partial charge is 0.478 e. The van der Waals surface area contributed by atoms with Crippen LogP contribution < -0.4 is 0 Å². The van der Waals surface area contributed by atoms with E-state index in [2.05, 4.69) is 19.9 Å². The normalized spacial score (nSPS) is 13.9. The van der Waals surface area contributed by atoms with Gasteiger partial charge in [-0.3, -0.25) is 0 Å². The molecule has 2 N–H and O–H groups in total. The maximum absolute atomic E-state index is 12.1. The molecule has 0 bridgehead atoms. The fraction of sp³-hybridized carbons (Fsp3) is 0.286. The van der Waals surface area contributed by atoms with Crippen LogP contribution in [-0.2, 0) is 6.42 Å². The minimum atomic E-state index is -0.988. The minimum Gasteiger partial charge on any atom is -0.478 e. The molecule has 1 saturated carbocycles. The smallest absolute Gasteiger partial charge is 0.336 e. The van der Waals surface area contributed by atoms with Gasteiger partial charge in [0.2, 0.25) is 0 Å². The standard InChI is InChI=1S/C28H28O4/c1-3-18-16-24(19-10-4-5-11-19)17(2)25(20-12-6-8-14-22(20)27(29)30)26(18)21-13-7-9-15-23(21)28(31)32/h6-9,12-16,19H,3-5,10-11H2,1-2H3,(H,29,30)(H,31,32). The lowest BCUT2D eigenvalue weighted by molar-refractivity contribution is 0.0686. The first-order valence-corrected chi connectivity index (χ1v) is 11.3. The molecule has 0 radical (unpaired) electrons. The van der Waals surface area contributed by atoms with E-state index in [1.807, 2.05) is 24.3 Å². The molecule has 0 aliphatic heterocycles. The van der Waals surface area contributed by atoms with Crippen LogP contribution in [0.1, 0.15) is 75.9 Å². The quantitative estimate of drug-likeness (QED) is 0.446. The van der Waals surface area contributed by atoms with E-state index in [1.165, 1.54) is 18.4 Å². The van der Waals surface area contributed by atoms with Crippen molar-refractivity contribution >= 4 is 11.9 Å². The van der Waals surface area contributed by atoms with Gasteiger partial charge >= 0.3 is 11.9 Å². The molecule has 1 aliphatic rings. The Kier molecular flexibility index (Phi) is 6.13. The highest BCUT2D eigenvalue weighted by Gasteiger charge is 2.27. The first-order chi connectivity index (χ1) is 15.4. The van der Waals surface area contributed by atoms with Gasteiger partial charge in [0, 0.05) is 0 Å². The van der Waals surface area contributed by atoms with E-state index in [9.17, 15) is 19.8 Å². The third-order valence-electron chi connectivity index (χ3n) is 6.74. The van der Waals surface area contributed by atoms with E-state index in [0.717, 1.165) is 41.5 Å². The minimum absolute atomic E-state index is 0.226. The van der Waals surface area contributed by atoms with Crippen LogP contribution in [0.3, 0.4) is 0 Å². The van der Waals surface area contributed by atoms with Crippen LogP contribution >= 0.6 is 0 Å². The molecule has 3 aromatic carbocycles. The van der Waals surface area contributed by atoms with Crippen LogP contribution in [0.15, 0.2) is 54.6 Å². The highest BCUT2D eigenvalue weighted by molar-refractivity contribution is 6.04. The SMILES string of the molecule is CCc1cc(C2CCCC2)c(C)c(-c2ccccc2C(=O)O)c1-c1ccccc1C(=O)O. The predicted molar refractivity (Wildman–Crippen MR) is 127 cm³/mol. The average molecular weight is 429 g/mol. The summed E-state index contributed by atoms with van der Waals surface area (Å²) < 4.78 is 0. The number of rotatable bonds is 6. The zero-order chi connectivity index (χ0) is 22.8. The van der Waals surface area contributed by atoms with Gasteiger partial charge in [0.05, 0.1) is 11.1 Å². The molecule has 0 spiro atoms. The highest BCUT2D eigenvalue weighted by Crippen LogP contribution is 2.46. The Hall–Kier alpha value is -3.40. The van der Waals surface area contributed by atoms with E-state index in [1.54, 1.807) is 24.3 Å². The van der Waals surface area contributed by atoms with E-state index in [0.29, 0.717) is 17.0 Å². The Bertz CT molecular complexity index is 1190. The summed E-state index contributed by atoms with van der Waals surface area (Å²) in [7, 11) is 0. The summed E-state index contributed by atoms with van der Waals surface area (Å²) in [5.74, 6) is -1.51. The first-order valence-electron chi connectivity index (χ1n) is 11.3. The summed E-state index contributed by atoms with van der Waals surface area (Å²) in [6, 6.07) is 16.3. The molecule has 4 nitrogen and oxygen atoms in total. The number of carbonyl (C=O) groups is 2. The number of benzene rings is 3. The number of hydrogen-bond acceptors (Lipinski definition) is 2. The monoisotopic (exact) mass is 428 g/mol. The average Bonchev–Trinajstić information content (AvgIpc) is 3.33. The number of hydrogen-bond donors (Lipinski definition) is 2. The summed E-state index contributed by atoms with van der Waals surface area (Å²) in [6.45, 7) is 4.14. The Morgan fingerprint density at radius 1 is 0.844 bits per heavy atom. The summed E-state index contributed by atoms with van der Waals surface area (Å²) in [5.41, 5.74) is 6.79. The molecule has 0 amide bonds. The Morgan fingerprint density at radius 3 is 1.84 bits per heavy atom. The second-order valence-corrected chi connectivity index (χ2v) is 8.54. The lowest BCUT2D eigenvalue weighted by atomic mass is 9.79. The van der Waals surface area contributed by atoms with Crippen LogP contribution in [0.2, 0.25) is 0 Å². The Morgan fingerprint density at radius 2 is 1.34 bits per heavy atom. The van der Waals surface area contributed by atoms with Crippen molar-refractivity contribution in [3.8, 4) is 22.3 Å². The fourth-order valence-corrected chi connectivity index (χ4v) is 5.22. The molecular formula is C28H28O4. The highest BCUT2D eigenvalue weighted by atomic mass is 16.4. The van der Waals surface area contributed by atoms with E-state index in [-0.39, 0.29) is 11.1 Å². The molecule has 4 rings (SSSR count). The summed E-state index contributed by atoms with van der Waals surface area (Å²) in [6.07, 6.45) is 5.40. The zero-order valence-electron chi connectivity index (χ0n) is 18.5. The molecule has 0 aromatic heterocycles. The second-order valence-electron chi connectivity index (χ2n) is 8.54. The number of carboxylic acid groups (broad SMARTS) is 2. The van der Waals surface area contributed by atoms with Crippen molar-refractivity contribution in [2.75, 3.05) is 0 Å². The van der Waals surface area contributed by atoms with Crippen molar-refractivity contribution in [2.24, 2.45) is 0 Å². The number of aromatic carboxylic acids is 2. The molecule has 32 heavy (non-hydrogen) atoms. The van der Waals surface area contributed by atoms with Gasteiger partial charge in [-0.15, -0.1) is 0 Å². The summed E-state index contributed by atoms with van der Waals surface area (Å²) in [4.78, 5) is 24.2. The Balaban J connectivity index is 2.14. The van der Waals surface area contributed by atoms with Crippen molar-refractivity contribution in [2.45, 2.75) is 51.9 Å². The maximum atomic E-state index is 12.1. The van der Waals surface area contributed by atoms with Crippen LogP contribution in [0, 0.1) is 6.92 Å². The van der Waals surface area contributed by atoms with Gasteiger partial charge in [0.25, 0.3) is 0 Å². The molecule has 0 atom stereocenters. The first kappa shape index (κ1) is 21.8. The predicted octanol–water partition coefficient (Wildman–Crippen LogP) is 6.95. The van der Waals surface area contributed by atoms with Crippen molar-refractivity contribution in [3.05, 3.63) is 82.4 Å². The molecule has 164 valence electrons. The van der Waals surface area contributed by atoms with Gasteiger partial charge in [0.15, 0.2) is 0 Å². The molecular weight excluding hydrogens is 400 g/mol. The zero-order valence-corrected chi connectivity index (χ0v) is 18.5. The van der Waals surface area contributed by atoms with Crippen molar-refractivity contribution in [3.63, 3.8) is 0 Å². The van der Waals surface area contributed by atoms with Gasteiger partial charge < -0.3 is 10.2 Å². The molecule has 1 aliphatic carbocycles. The molecule has 0 heterocycles. The van der Waals surface area contributed by atoms with Gasteiger partial charge in [-0.1, -0.05) is 62.2 Å². The molecule has 3 aromatic rings. The van der Waals surface area contributed by atoms with Crippen molar-refractivity contribution < 1.29 is 19.8 Å². The second kappa shape index (κ2) is 8.99. The van der Waals surface area contributed by atoms with Crippen LogP contribution in [0.4, 0.5) is 0 Å². The number of aryl methyl sites for hydroxylation is 1. The summed E-state index contributed by atoms with van der Waals surface area (Å²) in [5, 5.41) is 19.8. The summed E-state index contributed by atoms with van der Waals surface area (Å²) >= 11 is 0. The third kappa shape index (κ3) is 3.81. The van der Waals surface area contributed by atoms with Crippen molar-refractivity contribution in [1.82, 2.24) is 0 Å². The molecule has 0 saturated heterocycles. The van der Waals surface area contributed by atoms with E-state index in [4.69, 9.17) is 0 Å². The Labute approximate surface area is 188 Å². The van der Waals surface area contributed by atoms with Crippen molar-refractivity contribution in [1.29, 1.82) is 0 Å². The maximum Gasteiger partial charge on any atom is 0.336 e. The van der Waals surface area contributed by atoms with Crippen LogP contribution in [-0.4, -0.2) is 22.2 Å². The van der Waals surface area contributed by atoms with Crippen LogP contribution in [0.25, 0.3) is 22.3 Å². The van der Waals surface area contributed by atoms with E-state index >= 15 is 0 Å². The van der Waals surface area contributed by atoms with E-state index < -0.39 is 11.9 Å². The lowest BCUT2D eigenvalue weighted by Gasteiger charge is -2.25. The van der Waals surface area contributed by atoms with Gasteiger partial charge in [-0.25, -0.2) is 9.59 Å². The lowest BCUT2D eigenvalue weighted by Crippen LogP contribution is -2.08.